The third-order valence-corrected chi connectivity index (χ3v) is 3.85. The Morgan fingerprint density at radius 2 is 1.61 bits per heavy atom. The predicted octanol–water partition coefficient (Wildman–Crippen LogP) is 2.70. The van der Waals surface area contributed by atoms with E-state index in [0.29, 0.717) is 38.7 Å². The zero-order chi connectivity index (χ0) is 14.2. The van der Waals surface area contributed by atoms with Crippen molar-refractivity contribution in [3.05, 3.63) is 0 Å². The molecule has 0 saturated heterocycles. The first-order valence-corrected chi connectivity index (χ1v) is 8.33. The summed E-state index contributed by atoms with van der Waals surface area (Å²) >= 11 is 0. The van der Waals surface area contributed by atoms with Crippen molar-refractivity contribution in [1.82, 2.24) is 0 Å². The molecule has 0 aliphatic carbocycles. The fourth-order valence-electron chi connectivity index (χ4n) is 2.25. The molecule has 2 N–H and O–H groups in total. The van der Waals surface area contributed by atoms with Crippen LogP contribution in [0.5, 0.6) is 0 Å². The summed E-state index contributed by atoms with van der Waals surface area (Å²) < 4.78 is 16.4. The maximum atomic E-state index is 12.1. The standard InChI is InChI=1S/C12H25O5P/c1-4-7-12(8-5-2,10-18(14,15)16)11(13)17-9-6-3/h4-10H2,1-3H3,(H2,14,15,16). The van der Waals surface area contributed by atoms with Gasteiger partial charge in [-0.15, -0.1) is 0 Å². The van der Waals surface area contributed by atoms with E-state index in [0.717, 1.165) is 0 Å². The highest BCUT2D eigenvalue weighted by atomic mass is 31.2. The third kappa shape index (κ3) is 5.98. The topological polar surface area (TPSA) is 83.8 Å². The lowest BCUT2D eigenvalue weighted by molar-refractivity contribution is -0.156. The molecule has 0 aromatic rings. The van der Waals surface area contributed by atoms with Crippen LogP contribution < -0.4 is 0 Å². The average molecular weight is 280 g/mol. The lowest BCUT2D eigenvalue weighted by Crippen LogP contribution is -2.36. The zero-order valence-corrected chi connectivity index (χ0v) is 12.4. The molecule has 0 atom stereocenters. The average Bonchev–Trinajstić information content (AvgIpc) is 2.24. The van der Waals surface area contributed by atoms with Crippen molar-refractivity contribution in [3.63, 3.8) is 0 Å². The first-order chi connectivity index (χ1) is 8.31. The Morgan fingerprint density at radius 3 is 1.94 bits per heavy atom. The summed E-state index contributed by atoms with van der Waals surface area (Å²) in [6, 6.07) is 0. The van der Waals surface area contributed by atoms with E-state index in [-0.39, 0.29) is 0 Å². The van der Waals surface area contributed by atoms with Crippen LogP contribution in [-0.2, 0) is 14.1 Å². The van der Waals surface area contributed by atoms with Crippen molar-refractivity contribution in [3.8, 4) is 0 Å². The number of carbonyl (C=O) groups is 1. The Bertz CT molecular complexity index is 291. The highest BCUT2D eigenvalue weighted by Gasteiger charge is 2.43. The van der Waals surface area contributed by atoms with E-state index in [4.69, 9.17) is 4.74 Å². The highest BCUT2D eigenvalue weighted by molar-refractivity contribution is 7.51. The molecule has 6 heteroatoms. The van der Waals surface area contributed by atoms with E-state index in [9.17, 15) is 19.1 Å². The Morgan fingerprint density at radius 1 is 1.11 bits per heavy atom. The zero-order valence-electron chi connectivity index (χ0n) is 11.5. The molecular weight excluding hydrogens is 255 g/mol. The minimum absolute atomic E-state index is 0.301. The molecule has 18 heavy (non-hydrogen) atoms. The molecule has 0 aromatic heterocycles. The largest absolute Gasteiger partial charge is 0.465 e. The van der Waals surface area contributed by atoms with Crippen LogP contribution in [0.3, 0.4) is 0 Å². The van der Waals surface area contributed by atoms with Gasteiger partial charge in [-0.3, -0.25) is 9.36 Å². The van der Waals surface area contributed by atoms with E-state index < -0.39 is 25.1 Å². The van der Waals surface area contributed by atoms with Crippen LogP contribution in [0.1, 0.15) is 52.9 Å². The lowest BCUT2D eigenvalue weighted by atomic mass is 9.81. The molecule has 0 radical (unpaired) electrons. The molecule has 0 saturated carbocycles. The van der Waals surface area contributed by atoms with Gasteiger partial charge in [-0.05, 0) is 19.3 Å². The molecule has 0 rings (SSSR count). The molecule has 5 nitrogen and oxygen atoms in total. The van der Waals surface area contributed by atoms with Crippen molar-refractivity contribution in [2.24, 2.45) is 5.41 Å². The summed E-state index contributed by atoms with van der Waals surface area (Å²) in [7, 11) is -4.23. The fourth-order valence-corrected chi connectivity index (χ4v) is 3.48. The Labute approximate surface area is 109 Å². The quantitative estimate of drug-likeness (QED) is 0.501. The van der Waals surface area contributed by atoms with Crippen molar-refractivity contribution < 1.29 is 23.9 Å². The number of ether oxygens (including phenoxy) is 1. The van der Waals surface area contributed by atoms with Crippen LogP contribution in [0, 0.1) is 5.41 Å². The Hall–Kier alpha value is -0.380. The number of hydrogen-bond acceptors (Lipinski definition) is 3. The van der Waals surface area contributed by atoms with Gasteiger partial charge in [0.15, 0.2) is 0 Å². The van der Waals surface area contributed by atoms with E-state index in [1.165, 1.54) is 0 Å². The van der Waals surface area contributed by atoms with E-state index >= 15 is 0 Å². The first-order valence-electron chi connectivity index (χ1n) is 6.53. The minimum atomic E-state index is -4.23. The molecular formula is C12H25O5P. The highest BCUT2D eigenvalue weighted by Crippen LogP contribution is 2.47. The van der Waals surface area contributed by atoms with Crippen molar-refractivity contribution >= 4 is 13.6 Å². The maximum absolute atomic E-state index is 12.1. The number of esters is 1. The van der Waals surface area contributed by atoms with Crippen molar-refractivity contribution in [2.45, 2.75) is 52.9 Å². The molecule has 0 aliphatic heterocycles. The van der Waals surface area contributed by atoms with Crippen molar-refractivity contribution in [2.75, 3.05) is 12.8 Å². The SMILES string of the molecule is CCCOC(=O)C(CCC)(CCC)CP(=O)(O)O. The summed E-state index contributed by atoms with van der Waals surface area (Å²) in [6.45, 7) is 5.99. The smallest absolute Gasteiger partial charge is 0.326 e. The summed E-state index contributed by atoms with van der Waals surface area (Å²) in [5, 5.41) is 0. The maximum Gasteiger partial charge on any atom is 0.326 e. The van der Waals surface area contributed by atoms with Gasteiger partial charge in [0, 0.05) is 0 Å². The number of hydrogen-bond donors (Lipinski definition) is 2. The normalized spacial score (nSPS) is 12.5. The monoisotopic (exact) mass is 280 g/mol. The van der Waals surface area contributed by atoms with Gasteiger partial charge in [0.05, 0.1) is 18.2 Å². The van der Waals surface area contributed by atoms with Crippen LogP contribution in [0.4, 0.5) is 0 Å². The summed E-state index contributed by atoms with van der Waals surface area (Å²) in [4.78, 5) is 30.5. The van der Waals surface area contributed by atoms with Crippen LogP contribution >= 0.6 is 7.60 Å². The summed E-state index contributed by atoms with van der Waals surface area (Å²) in [6.07, 6.45) is 2.59. The Balaban J connectivity index is 5.06. The van der Waals surface area contributed by atoms with E-state index in [2.05, 4.69) is 0 Å². The molecule has 0 bridgehead atoms. The number of rotatable bonds is 9. The second kappa shape index (κ2) is 7.93. The molecule has 108 valence electrons. The second-order valence-electron chi connectivity index (χ2n) is 4.74. The van der Waals surface area contributed by atoms with Gasteiger partial charge in [0.25, 0.3) is 0 Å². The fraction of sp³-hybridized carbons (Fsp3) is 0.917. The summed E-state index contributed by atoms with van der Waals surface area (Å²) in [5.41, 5.74) is -1.03. The van der Waals surface area contributed by atoms with Crippen LogP contribution in [0.25, 0.3) is 0 Å². The molecule has 0 unspecified atom stereocenters. The van der Waals surface area contributed by atoms with Crippen molar-refractivity contribution in [1.29, 1.82) is 0 Å². The summed E-state index contributed by atoms with van der Waals surface area (Å²) in [5.74, 6) is -0.462. The van der Waals surface area contributed by atoms with Gasteiger partial charge in [0.2, 0.25) is 0 Å². The molecule has 0 amide bonds. The van der Waals surface area contributed by atoms with Crippen LogP contribution in [0.15, 0.2) is 0 Å². The van der Waals surface area contributed by atoms with E-state index in [1.807, 2.05) is 20.8 Å². The van der Waals surface area contributed by atoms with Crippen LogP contribution in [0.2, 0.25) is 0 Å². The first kappa shape index (κ1) is 17.6. The van der Waals surface area contributed by atoms with Gasteiger partial charge in [-0.1, -0.05) is 33.6 Å². The van der Waals surface area contributed by atoms with Crippen LogP contribution in [-0.4, -0.2) is 28.5 Å². The predicted molar refractivity (Wildman–Crippen MR) is 70.4 cm³/mol. The van der Waals surface area contributed by atoms with Gasteiger partial charge >= 0.3 is 13.6 Å². The molecule has 0 aromatic carbocycles. The molecule has 0 aliphatic rings. The lowest BCUT2D eigenvalue weighted by Gasteiger charge is -2.31. The molecule has 0 spiro atoms. The minimum Gasteiger partial charge on any atom is -0.465 e. The molecule has 0 fully saturated rings. The second-order valence-corrected chi connectivity index (χ2v) is 6.38. The van der Waals surface area contributed by atoms with Gasteiger partial charge < -0.3 is 14.5 Å². The van der Waals surface area contributed by atoms with Gasteiger partial charge in [-0.2, -0.15) is 0 Å². The van der Waals surface area contributed by atoms with Gasteiger partial charge in [0.1, 0.15) is 0 Å². The molecule has 0 heterocycles. The Kier molecular flexibility index (Phi) is 7.76. The van der Waals surface area contributed by atoms with E-state index in [1.54, 1.807) is 0 Å². The third-order valence-electron chi connectivity index (χ3n) is 2.84. The van der Waals surface area contributed by atoms with Gasteiger partial charge in [-0.25, -0.2) is 0 Å². The number of carbonyl (C=O) groups excluding carboxylic acids is 1.